The summed E-state index contributed by atoms with van der Waals surface area (Å²) in [6, 6.07) is 5.60. The molecule has 0 aliphatic rings. The normalized spacial score (nSPS) is 15.4. The Morgan fingerprint density at radius 1 is 0.868 bits per heavy atom. The van der Waals surface area contributed by atoms with Crippen molar-refractivity contribution in [3.63, 3.8) is 0 Å². The van der Waals surface area contributed by atoms with Crippen LogP contribution >= 0.6 is 0 Å². The Morgan fingerprint density at radius 3 is 1.97 bits per heavy atom. The average molecular weight is 535 g/mol. The summed E-state index contributed by atoms with van der Waals surface area (Å²) in [6.45, 7) is 12.7. The number of hydrogen-bond acceptors (Lipinski definition) is 7. The van der Waals surface area contributed by atoms with Gasteiger partial charge in [0.1, 0.15) is 18.7 Å². The number of ether oxygens (including phenoxy) is 1. The molecule has 214 valence electrons. The highest BCUT2D eigenvalue weighted by Crippen LogP contribution is 2.11. The van der Waals surface area contributed by atoms with E-state index < -0.39 is 54.0 Å². The maximum atomic E-state index is 13.2. The third-order valence-corrected chi connectivity index (χ3v) is 6.22. The highest BCUT2D eigenvalue weighted by atomic mass is 16.5. The molecule has 0 saturated heterocycles. The van der Waals surface area contributed by atoms with Crippen LogP contribution in [0.3, 0.4) is 0 Å². The van der Waals surface area contributed by atoms with Gasteiger partial charge in [0, 0.05) is 0 Å². The van der Waals surface area contributed by atoms with Crippen molar-refractivity contribution in [2.24, 2.45) is 23.5 Å². The van der Waals surface area contributed by atoms with E-state index >= 15 is 0 Å². The number of nitrogens with one attached hydrogen (secondary N) is 3. The number of esters is 1. The molecule has 1 rings (SSSR count). The molecule has 0 heterocycles. The molecule has 10 heteroatoms. The summed E-state index contributed by atoms with van der Waals surface area (Å²) in [5, 5.41) is 18.6. The Bertz CT molecular complexity index is 906. The van der Waals surface area contributed by atoms with Gasteiger partial charge < -0.3 is 31.5 Å². The van der Waals surface area contributed by atoms with Crippen LogP contribution in [-0.4, -0.2) is 59.1 Å². The number of carbonyl (C=O) groups excluding carboxylic acids is 4. The Hall–Kier alpha value is -2.98. The van der Waals surface area contributed by atoms with Gasteiger partial charge in [0.2, 0.25) is 11.8 Å². The molecule has 38 heavy (non-hydrogen) atoms. The third-order valence-electron chi connectivity index (χ3n) is 6.22. The number of aliphatic hydroxyl groups excluding tert-OH is 1. The van der Waals surface area contributed by atoms with Crippen molar-refractivity contribution in [3.8, 4) is 0 Å². The van der Waals surface area contributed by atoms with Crippen molar-refractivity contribution < 1.29 is 29.0 Å². The van der Waals surface area contributed by atoms with Crippen LogP contribution in [0.2, 0.25) is 0 Å². The molecule has 0 bridgehead atoms. The zero-order valence-electron chi connectivity index (χ0n) is 23.7. The number of rotatable bonds is 15. The zero-order valence-corrected chi connectivity index (χ0v) is 23.7. The van der Waals surface area contributed by atoms with Crippen LogP contribution in [0, 0.1) is 17.8 Å². The van der Waals surface area contributed by atoms with Crippen LogP contribution in [0.15, 0.2) is 30.3 Å². The van der Waals surface area contributed by atoms with Crippen LogP contribution in [-0.2, 0) is 30.5 Å². The standard InChI is InChI=1S/C28H46N4O6/c1-8-20(30-26(35)22(29)17(4)5)24(33)27(36)31-21(14-16(2)3)25(34)32-23(18(6)7)28(37)38-15-19-12-10-9-11-13-19/h9-13,16-18,20-24,33H,8,14-15,29H2,1-7H3,(H,30,35)(H,31,36)(H,32,34)/t20-,21+,22-,23-,24+/m0/s1. The van der Waals surface area contributed by atoms with Crippen molar-refractivity contribution in [2.75, 3.05) is 0 Å². The molecular formula is C28H46N4O6. The van der Waals surface area contributed by atoms with E-state index in [2.05, 4.69) is 16.0 Å². The summed E-state index contributed by atoms with van der Waals surface area (Å²) in [5.41, 5.74) is 6.70. The molecule has 0 radical (unpaired) electrons. The summed E-state index contributed by atoms with van der Waals surface area (Å²) in [4.78, 5) is 51.3. The molecule has 0 unspecified atom stereocenters. The number of nitrogens with two attached hydrogens (primary N) is 1. The van der Waals surface area contributed by atoms with Gasteiger partial charge in [0.15, 0.2) is 6.10 Å². The van der Waals surface area contributed by atoms with E-state index in [9.17, 15) is 24.3 Å². The van der Waals surface area contributed by atoms with Gasteiger partial charge in [0.25, 0.3) is 5.91 Å². The minimum absolute atomic E-state index is 0.0245. The molecule has 0 aliphatic carbocycles. The highest BCUT2D eigenvalue weighted by Gasteiger charge is 2.34. The Labute approximate surface area is 226 Å². The molecule has 0 spiro atoms. The second kappa shape index (κ2) is 16.1. The number of aliphatic hydroxyl groups is 1. The van der Waals surface area contributed by atoms with Crippen LogP contribution in [0.5, 0.6) is 0 Å². The smallest absolute Gasteiger partial charge is 0.329 e. The number of amides is 3. The second-order valence-corrected chi connectivity index (χ2v) is 10.8. The first-order valence-electron chi connectivity index (χ1n) is 13.3. The lowest BCUT2D eigenvalue weighted by Crippen LogP contribution is -2.58. The molecule has 0 fully saturated rings. The maximum absolute atomic E-state index is 13.2. The van der Waals surface area contributed by atoms with E-state index in [0.29, 0.717) is 0 Å². The fraction of sp³-hybridized carbons (Fsp3) is 0.643. The molecule has 0 aliphatic heterocycles. The van der Waals surface area contributed by atoms with E-state index in [4.69, 9.17) is 10.5 Å². The zero-order chi connectivity index (χ0) is 29.0. The van der Waals surface area contributed by atoms with Crippen LogP contribution in [0.25, 0.3) is 0 Å². The van der Waals surface area contributed by atoms with Crippen molar-refractivity contribution in [3.05, 3.63) is 35.9 Å². The minimum atomic E-state index is -1.59. The molecule has 5 atom stereocenters. The summed E-state index contributed by atoms with van der Waals surface area (Å²) in [5.74, 6) is -2.78. The van der Waals surface area contributed by atoms with Crippen molar-refractivity contribution in [1.82, 2.24) is 16.0 Å². The van der Waals surface area contributed by atoms with E-state index in [1.54, 1.807) is 34.6 Å². The Kier molecular flexibility index (Phi) is 14.0. The number of carbonyl (C=O) groups is 4. The summed E-state index contributed by atoms with van der Waals surface area (Å²) >= 11 is 0. The van der Waals surface area contributed by atoms with Gasteiger partial charge in [-0.25, -0.2) is 4.79 Å². The first-order valence-corrected chi connectivity index (χ1v) is 13.3. The van der Waals surface area contributed by atoms with Gasteiger partial charge in [-0.2, -0.15) is 0 Å². The minimum Gasteiger partial charge on any atom is -0.459 e. The predicted octanol–water partition coefficient (Wildman–Crippen LogP) is 1.64. The monoisotopic (exact) mass is 534 g/mol. The van der Waals surface area contributed by atoms with Crippen molar-refractivity contribution >= 4 is 23.7 Å². The summed E-state index contributed by atoms with van der Waals surface area (Å²) in [6.07, 6.45) is -1.05. The Morgan fingerprint density at radius 2 is 1.47 bits per heavy atom. The molecule has 1 aromatic carbocycles. The van der Waals surface area contributed by atoms with E-state index in [-0.39, 0.29) is 37.2 Å². The van der Waals surface area contributed by atoms with Gasteiger partial charge in [-0.15, -0.1) is 0 Å². The predicted molar refractivity (Wildman–Crippen MR) is 145 cm³/mol. The van der Waals surface area contributed by atoms with Crippen LogP contribution in [0.1, 0.15) is 66.9 Å². The van der Waals surface area contributed by atoms with Gasteiger partial charge in [0.05, 0.1) is 12.1 Å². The van der Waals surface area contributed by atoms with E-state index in [0.717, 1.165) is 5.56 Å². The largest absolute Gasteiger partial charge is 0.459 e. The molecule has 1 aromatic rings. The number of benzene rings is 1. The lowest BCUT2D eigenvalue weighted by Gasteiger charge is -2.28. The second-order valence-electron chi connectivity index (χ2n) is 10.8. The quantitative estimate of drug-likeness (QED) is 0.214. The van der Waals surface area contributed by atoms with Gasteiger partial charge >= 0.3 is 5.97 Å². The molecule has 3 amide bonds. The first kappa shape index (κ1) is 33.0. The Balaban J connectivity index is 2.91. The fourth-order valence-corrected chi connectivity index (χ4v) is 3.70. The fourth-order valence-electron chi connectivity index (χ4n) is 3.70. The lowest BCUT2D eigenvalue weighted by atomic mass is 9.99. The molecule has 10 nitrogen and oxygen atoms in total. The molecule has 0 aromatic heterocycles. The molecule has 6 N–H and O–H groups in total. The third kappa shape index (κ3) is 10.8. The topological polar surface area (TPSA) is 160 Å². The molecule has 0 saturated carbocycles. The van der Waals surface area contributed by atoms with Gasteiger partial charge in [-0.3, -0.25) is 14.4 Å². The lowest BCUT2D eigenvalue weighted by molar-refractivity contribution is -0.150. The van der Waals surface area contributed by atoms with Gasteiger partial charge in [-0.05, 0) is 36.2 Å². The van der Waals surface area contributed by atoms with Crippen molar-refractivity contribution in [2.45, 2.75) is 98.2 Å². The number of hydrogen-bond donors (Lipinski definition) is 5. The summed E-state index contributed by atoms with van der Waals surface area (Å²) in [7, 11) is 0. The van der Waals surface area contributed by atoms with Crippen LogP contribution < -0.4 is 21.7 Å². The highest BCUT2D eigenvalue weighted by molar-refractivity contribution is 5.92. The maximum Gasteiger partial charge on any atom is 0.329 e. The first-order chi connectivity index (χ1) is 17.8. The average Bonchev–Trinajstić information content (AvgIpc) is 2.87. The van der Waals surface area contributed by atoms with Crippen LogP contribution in [0.4, 0.5) is 0 Å². The van der Waals surface area contributed by atoms with E-state index in [1.807, 2.05) is 44.2 Å². The van der Waals surface area contributed by atoms with E-state index in [1.165, 1.54) is 0 Å². The summed E-state index contributed by atoms with van der Waals surface area (Å²) < 4.78 is 5.42. The van der Waals surface area contributed by atoms with Crippen molar-refractivity contribution in [1.29, 1.82) is 0 Å². The SMILES string of the molecule is CC[C@H](NC(=O)[C@@H](N)C(C)C)[C@@H](O)C(=O)N[C@H](CC(C)C)C(=O)N[C@H](C(=O)OCc1ccccc1)C(C)C. The van der Waals surface area contributed by atoms with Gasteiger partial charge in [-0.1, -0.05) is 78.8 Å². The molecular weight excluding hydrogens is 488 g/mol.